The Balaban J connectivity index is 2.18. The van der Waals surface area contributed by atoms with Crippen molar-refractivity contribution in [3.8, 4) is 0 Å². The molecule has 96 valence electrons. The van der Waals surface area contributed by atoms with E-state index in [2.05, 4.69) is 26.1 Å². The molecule has 0 amide bonds. The van der Waals surface area contributed by atoms with E-state index in [0.29, 0.717) is 17.9 Å². The summed E-state index contributed by atoms with van der Waals surface area (Å²) < 4.78 is 0. The maximum Gasteiger partial charge on any atom is 0.0434 e. The monoisotopic (exact) mass is 227 g/mol. The van der Waals surface area contributed by atoms with E-state index in [4.69, 9.17) is 5.11 Å². The molecule has 0 aromatic rings. The zero-order valence-corrected chi connectivity index (χ0v) is 11.3. The summed E-state index contributed by atoms with van der Waals surface area (Å²) in [5.41, 5.74) is 0.563. The zero-order valence-electron chi connectivity index (χ0n) is 11.3. The van der Waals surface area contributed by atoms with Crippen molar-refractivity contribution in [3.05, 3.63) is 0 Å². The van der Waals surface area contributed by atoms with Gasteiger partial charge in [0.1, 0.15) is 0 Å². The molecular formula is C14H29NO. The van der Waals surface area contributed by atoms with Crippen LogP contribution >= 0.6 is 0 Å². The van der Waals surface area contributed by atoms with Gasteiger partial charge in [-0.25, -0.2) is 0 Å². The molecule has 0 aromatic heterocycles. The molecule has 1 aliphatic carbocycles. The van der Waals surface area contributed by atoms with Gasteiger partial charge in [0.05, 0.1) is 0 Å². The van der Waals surface area contributed by atoms with E-state index in [1.165, 1.54) is 32.1 Å². The van der Waals surface area contributed by atoms with Gasteiger partial charge in [0.15, 0.2) is 0 Å². The van der Waals surface area contributed by atoms with Crippen LogP contribution < -0.4 is 5.32 Å². The van der Waals surface area contributed by atoms with Crippen molar-refractivity contribution in [3.63, 3.8) is 0 Å². The van der Waals surface area contributed by atoms with E-state index < -0.39 is 0 Å². The summed E-state index contributed by atoms with van der Waals surface area (Å²) >= 11 is 0. The predicted molar refractivity (Wildman–Crippen MR) is 69.5 cm³/mol. The third-order valence-electron chi connectivity index (χ3n) is 4.15. The molecule has 1 saturated carbocycles. The van der Waals surface area contributed by atoms with Gasteiger partial charge in [-0.15, -0.1) is 0 Å². The first-order valence-corrected chi connectivity index (χ1v) is 6.91. The van der Waals surface area contributed by atoms with Gasteiger partial charge in [0.2, 0.25) is 0 Å². The average molecular weight is 227 g/mol. The minimum Gasteiger partial charge on any atom is -0.396 e. The molecule has 0 spiro atoms. The summed E-state index contributed by atoms with van der Waals surface area (Å²) in [6, 6.07) is 0.723. The van der Waals surface area contributed by atoms with Crippen LogP contribution in [0.3, 0.4) is 0 Å². The molecule has 16 heavy (non-hydrogen) atoms. The van der Waals surface area contributed by atoms with Crippen molar-refractivity contribution >= 4 is 0 Å². The van der Waals surface area contributed by atoms with Gasteiger partial charge in [0.25, 0.3) is 0 Å². The molecule has 2 nitrogen and oxygen atoms in total. The molecule has 1 atom stereocenters. The van der Waals surface area contributed by atoms with Gasteiger partial charge in [-0.2, -0.15) is 0 Å². The molecule has 0 radical (unpaired) electrons. The molecule has 1 unspecified atom stereocenters. The topological polar surface area (TPSA) is 32.3 Å². The third-order valence-corrected chi connectivity index (χ3v) is 4.15. The minimum atomic E-state index is 0.331. The fourth-order valence-electron chi connectivity index (χ4n) is 2.57. The van der Waals surface area contributed by atoms with Gasteiger partial charge in [-0.05, 0) is 50.0 Å². The van der Waals surface area contributed by atoms with Crippen molar-refractivity contribution < 1.29 is 5.11 Å². The van der Waals surface area contributed by atoms with E-state index in [1.807, 2.05) is 0 Å². The quantitative estimate of drug-likeness (QED) is 0.731. The summed E-state index contributed by atoms with van der Waals surface area (Å²) in [4.78, 5) is 0. The number of aliphatic hydroxyl groups is 1. The molecule has 0 bridgehead atoms. The number of rotatable bonds is 6. The van der Waals surface area contributed by atoms with Crippen LogP contribution in [0.2, 0.25) is 0 Å². The minimum absolute atomic E-state index is 0.331. The summed E-state index contributed by atoms with van der Waals surface area (Å²) in [6.45, 7) is 8.39. The Hall–Kier alpha value is -0.0800. The van der Waals surface area contributed by atoms with Gasteiger partial charge in [-0.3, -0.25) is 0 Å². The van der Waals surface area contributed by atoms with Crippen molar-refractivity contribution in [2.75, 3.05) is 13.2 Å². The second-order valence-electron chi connectivity index (χ2n) is 6.13. The third kappa shape index (κ3) is 4.84. The molecule has 0 saturated heterocycles. The van der Waals surface area contributed by atoms with E-state index in [9.17, 15) is 0 Å². The Morgan fingerprint density at radius 2 is 1.94 bits per heavy atom. The fraction of sp³-hybridized carbons (Fsp3) is 1.00. The highest BCUT2D eigenvalue weighted by molar-refractivity contribution is 4.82. The van der Waals surface area contributed by atoms with Crippen LogP contribution in [-0.2, 0) is 0 Å². The first-order chi connectivity index (χ1) is 7.57. The van der Waals surface area contributed by atoms with Gasteiger partial charge < -0.3 is 10.4 Å². The molecular weight excluding hydrogens is 198 g/mol. The van der Waals surface area contributed by atoms with E-state index in [0.717, 1.165) is 19.0 Å². The molecule has 1 fully saturated rings. The van der Waals surface area contributed by atoms with E-state index in [-0.39, 0.29) is 0 Å². The second-order valence-corrected chi connectivity index (χ2v) is 6.13. The Bertz CT molecular complexity index is 181. The summed E-state index contributed by atoms with van der Waals surface area (Å²) in [5.74, 6) is 0.653. The van der Waals surface area contributed by atoms with Crippen molar-refractivity contribution in [2.45, 2.75) is 65.3 Å². The lowest BCUT2D eigenvalue weighted by Gasteiger charge is -2.35. The van der Waals surface area contributed by atoms with Crippen molar-refractivity contribution in [1.29, 1.82) is 0 Å². The summed E-state index contributed by atoms with van der Waals surface area (Å²) in [7, 11) is 0. The van der Waals surface area contributed by atoms with Gasteiger partial charge in [-0.1, -0.05) is 27.2 Å². The molecule has 0 heterocycles. The Morgan fingerprint density at radius 3 is 2.44 bits per heavy atom. The van der Waals surface area contributed by atoms with Crippen LogP contribution in [0, 0.1) is 11.3 Å². The van der Waals surface area contributed by atoms with Crippen LogP contribution in [0.15, 0.2) is 0 Å². The fourth-order valence-corrected chi connectivity index (χ4v) is 2.57. The van der Waals surface area contributed by atoms with E-state index in [1.54, 1.807) is 0 Å². The van der Waals surface area contributed by atoms with E-state index >= 15 is 0 Å². The Kier molecular flexibility index (Phi) is 5.77. The number of hydrogen-bond acceptors (Lipinski definition) is 2. The largest absolute Gasteiger partial charge is 0.396 e. The van der Waals surface area contributed by atoms with Gasteiger partial charge in [0, 0.05) is 12.6 Å². The molecule has 1 rings (SSSR count). The highest BCUT2D eigenvalue weighted by Gasteiger charge is 2.26. The lowest BCUT2D eigenvalue weighted by atomic mass is 9.75. The molecule has 0 aliphatic heterocycles. The molecule has 2 N–H and O–H groups in total. The highest BCUT2D eigenvalue weighted by atomic mass is 16.3. The van der Waals surface area contributed by atoms with Crippen LogP contribution in [0.25, 0.3) is 0 Å². The summed E-state index contributed by atoms with van der Waals surface area (Å²) in [6.07, 6.45) is 7.46. The maximum absolute atomic E-state index is 8.95. The average Bonchev–Trinajstić information content (AvgIpc) is 2.26. The maximum atomic E-state index is 8.95. The van der Waals surface area contributed by atoms with Crippen molar-refractivity contribution in [1.82, 2.24) is 5.32 Å². The highest BCUT2D eigenvalue weighted by Crippen LogP contribution is 2.35. The first kappa shape index (κ1) is 14.0. The number of nitrogens with one attached hydrogen (secondary N) is 1. The SMILES string of the molecule is CCC(CCO)CNC1CCC(C)(C)CC1. The van der Waals surface area contributed by atoms with Gasteiger partial charge >= 0.3 is 0 Å². The zero-order chi connectivity index (χ0) is 12.0. The Morgan fingerprint density at radius 1 is 1.31 bits per heavy atom. The predicted octanol–water partition coefficient (Wildman–Crippen LogP) is 2.95. The lowest BCUT2D eigenvalue weighted by Crippen LogP contribution is -2.38. The summed E-state index contributed by atoms with van der Waals surface area (Å²) in [5, 5.41) is 12.6. The molecule has 1 aliphatic rings. The number of hydrogen-bond donors (Lipinski definition) is 2. The van der Waals surface area contributed by atoms with Crippen molar-refractivity contribution in [2.24, 2.45) is 11.3 Å². The first-order valence-electron chi connectivity index (χ1n) is 6.91. The van der Waals surface area contributed by atoms with Crippen LogP contribution in [-0.4, -0.2) is 24.3 Å². The van der Waals surface area contributed by atoms with Crippen LogP contribution in [0.5, 0.6) is 0 Å². The molecule has 0 aromatic carbocycles. The smallest absolute Gasteiger partial charge is 0.0434 e. The normalized spacial score (nSPS) is 23.2. The van der Waals surface area contributed by atoms with Crippen LogP contribution in [0.1, 0.15) is 59.3 Å². The van der Waals surface area contributed by atoms with Crippen LogP contribution in [0.4, 0.5) is 0 Å². The number of aliphatic hydroxyl groups excluding tert-OH is 1. The Labute approximate surface area is 101 Å². The second kappa shape index (κ2) is 6.61. The lowest BCUT2D eigenvalue weighted by molar-refractivity contribution is 0.196. The standard InChI is InChI=1S/C14H29NO/c1-4-12(7-10-16)11-15-13-5-8-14(2,3)9-6-13/h12-13,15-16H,4-11H2,1-3H3. The molecule has 2 heteroatoms.